The topological polar surface area (TPSA) is 17.1 Å². The molecular weight excluding hydrogens is 160 g/mol. The number of allylic oxidation sites excluding steroid dienone is 5. The van der Waals surface area contributed by atoms with Gasteiger partial charge >= 0.3 is 0 Å². The molecule has 1 nitrogen and oxygen atoms in total. The Kier molecular flexibility index (Phi) is 5.05. The monoisotopic (exact) mass is 178 g/mol. The Hall–Kier alpha value is -1.11. The molecule has 0 saturated heterocycles. The summed E-state index contributed by atoms with van der Waals surface area (Å²) in [5, 5.41) is 0. The first-order chi connectivity index (χ1) is 5.99. The zero-order valence-corrected chi connectivity index (χ0v) is 8.92. The second-order valence-corrected chi connectivity index (χ2v) is 3.59. The number of hydrogen-bond acceptors (Lipinski definition) is 1. The van der Waals surface area contributed by atoms with Gasteiger partial charge in [-0.15, -0.1) is 0 Å². The predicted octanol–water partition coefficient (Wildman–Crippen LogP) is 3.29. The predicted molar refractivity (Wildman–Crippen MR) is 57.6 cm³/mol. The summed E-state index contributed by atoms with van der Waals surface area (Å²) < 4.78 is 0. The number of carbonyl (C=O) groups excluding carboxylic acids is 1. The second kappa shape index (κ2) is 5.52. The molecule has 0 aliphatic heterocycles. The first-order valence-corrected chi connectivity index (χ1v) is 4.51. The summed E-state index contributed by atoms with van der Waals surface area (Å²) in [4.78, 5) is 11.5. The van der Waals surface area contributed by atoms with Crippen LogP contribution in [0.15, 0.2) is 36.0 Å². The lowest BCUT2D eigenvalue weighted by Crippen LogP contribution is -2.08. The molecule has 0 atom stereocenters. The Morgan fingerprint density at radius 1 is 1.23 bits per heavy atom. The van der Waals surface area contributed by atoms with Crippen molar-refractivity contribution in [2.75, 3.05) is 0 Å². The molecule has 0 aliphatic carbocycles. The highest BCUT2D eigenvalue weighted by Gasteiger charge is 2.09. The molecular formula is C12H18O. The fourth-order valence-corrected chi connectivity index (χ4v) is 0.841. The van der Waals surface area contributed by atoms with E-state index in [1.807, 2.05) is 39.8 Å². The van der Waals surface area contributed by atoms with Gasteiger partial charge in [0, 0.05) is 11.5 Å². The molecule has 0 heterocycles. The van der Waals surface area contributed by atoms with E-state index in [0.29, 0.717) is 5.57 Å². The van der Waals surface area contributed by atoms with E-state index in [1.54, 1.807) is 6.08 Å². The van der Waals surface area contributed by atoms with Gasteiger partial charge in [0.05, 0.1) is 0 Å². The van der Waals surface area contributed by atoms with Gasteiger partial charge in [0.2, 0.25) is 0 Å². The van der Waals surface area contributed by atoms with Crippen LogP contribution in [-0.4, -0.2) is 5.78 Å². The number of ketones is 1. The molecule has 0 aromatic rings. The molecule has 0 saturated carbocycles. The second-order valence-electron chi connectivity index (χ2n) is 3.59. The molecule has 0 N–H and O–H groups in total. The van der Waals surface area contributed by atoms with Crippen LogP contribution in [0.25, 0.3) is 0 Å². The van der Waals surface area contributed by atoms with E-state index in [9.17, 15) is 4.79 Å². The SMILES string of the molecule is C=C/C(=C\C=C(C)C)C(=O)C(C)C. The van der Waals surface area contributed by atoms with Gasteiger partial charge in [-0.3, -0.25) is 4.79 Å². The average Bonchev–Trinajstić information content (AvgIpc) is 2.04. The number of rotatable bonds is 4. The fraction of sp³-hybridized carbons (Fsp3) is 0.417. The molecule has 0 rings (SSSR count). The van der Waals surface area contributed by atoms with Gasteiger partial charge in [-0.1, -0.05) is 44.2 Å². The van der Waals surface area contributed by atoms with Crippen LogP contribution in [0.3, 0.4) is 0 Å². The quantitative estimate of drug-likeness (QED) is 0.477. The van der Waals surface area contributed by atoms with Crippen LogP contribution in [0.2, 0.25) is 0 Å². The van der Waals surface area contributed by atoms with Crippen LogP contribution in [0.4, 0.5) is 0 Å². The molecule has 0 aromatic carbocycles. The van der Waals surface area contributed by atoms with Gasteiger partial charge in [-0.2, -0.15) is 0 Å². The lowest BCUT2D eigenvalue weighted by Gasteiger charge is -2.03. The van der Waals surface area contributed by atoms with Gasteiger partial charge in [-0.05, 0) is 13.8 Å². The van der Waals surface area contributed by atoms with Crippen LogP contribution in [0.1, 0.15) is 27.7 Å². The maximum Gasteiger partial charge on any atom is 0.165 e. The minimum Gasteiger partial charge on any atom is -0.294 e. The molecule has 0 amide bonds. The van der Waals surface area contributed by atoms with Crippen LogP contribution in [0, 0.1) is 5.92 Å². The van der Waals surface area contributed by atoms with E-state index in [4.69, 9.17) is 0 Å². The van der Waals surface area contributed by atoms with Crippen molar-refractivity contribution in [1.82, 2.24) is 0 Å². The Bertz CT molecular complexity index is 250. The van der Waals surface area contributed by atoms with E-state index in [0.717, 1.165) is 0 Å². The van der Waals surface area contributed by atoms with Crippen LogP contribution >= 0.6 is 0 Å². The Balaban J connectivity index is 4.70. The number of Topliss-reactive ketones (excluding diaryl/α,β-unsaturated/α-hetero) is 1. The summed E-state index contributed by atoms with van der Waals surface area (Å²) >= 11 is 0. The third kappa shape index (κ3) is 4.46. The molecule has 0 spiro atoms. The van der Waals surface area contributed by atoms with Crippen molar-refractivity contribution in [3.05, 3.63) is 36.0 Å². The maximum absolute atomic E-state index is 11.5. The molecule has 0 aromatic heterocycles. The summed E-state index contributed by atoms with van der Waals surface area (Å²) in [6.07, 6.45) is 5.36. The van der Waals surface area contributed by atoms with Gasteiger partial charge in [0.15, 0.2) is 5.78 Å². The zero-order valence-electron chi connectivity index (χ0n) is 8.92. The van der Waals surface area contributed by atoms with Gasteiger partial charge in [0.25, 0.3) is 0 Å². The van der Waals surface area contributed by atoms with E-state index in [-0.39, 0.29) is 11.7 Å². The van der Waals surface area contributed by atoms with Crippen molar-refractivity contribution in [3.8, 4) is 0 Å². The van der Waals surface area contributed by atoms with E-state index in [2.05, 4.69) is 6.58 Å². The highest BCUT2D eigenvalue weighted by Crippen LogP contribution is 2.07. The smallest absolute Gasteiger partial charge is 0.165 e. The van der Waals surface area contributed by atoms with Gasteiger partial charge < -0.3 is 0 Å². The molecule has 0 radical (unpaired) electrons. The molecule has 0 aliphatic rings. The average molecular weight is 178 g/mol. The van der Waals surface area contributed by atoms with Crippen molar-refractivity contribution in [2.45, 2.75) is 27.7 Å². The van der Waals surface area contributed by atoms with Crippen LogP contribution in [-0.2, 0) is 4.79 Å². The van der Waals surface area contributed by atoms with Crippen molar-refractivity contribution in [2.24, 2.45) is 5.92 Å². The molecule has 72 valence electrons. The van der Waals surface area contributed by atoms with Crippen molar-refractivity contribution in [3.63, 3.8) is 0 Å². The normalized spacial score (nSPS) is 11.3. The van der Waals surface area contributed by atoms with Crippen molar-refractivity contribution < 1.29 is 4.79 Å². The van der Waals surface area contributed by atoms with E-state index >= 15 is 0 Å². The Labute approximate surface area is 80.8 Å². The maximum atomic E-state index is 11.5. The summed E-state index contributed by atoms with van der Waals surface area (Å²) in [6, 6.07) is 0. The summed E-state index contributed by atoms with van der Waals surface area (Å²) in [6.45, 7) is 11.4. The summed E-state index contributed by atoms with van der Waals surface area (Å²) in [7, 11) is 0. The highest BCUT2D eigenvalue weighted by molar-refractivity contribution is 5.99. The molecule has 13 heavy (non-hydrogen) atoms. The Morgan fingerprint density at radius 3 is 2.08 bits per heavy atom. The highest BCUT2D eigenvalue weighted by atomic mass is 16.1. The van der Waals surface area contributed by atoms with Gasteiger partial charge in [-0.25, -0.2) is 0 Å². The first kappa shape index (κ1) is 11.9. The van der Waals surface area contributed by atoms with Crippen LogP contribution < -0.4 is 0 Å². The van der Waals surface area contributed by atoms with Crippen LogP contribution in [0.5, 0.6) is 0 Å². The van der Waals surface area contributed by atoms with Crippen molar-refractivity contribution in [1.29, 1.82) is 0 Å². The molecule has 0 fully saturated rings. The lowest BCUT2D eigenvalue weighted by atomic mass is 10.0. The third-order valence-corrected chi connectivity index (χ3v) is 1.63. The summed E-state index contributed by atoms with van der Waals surface area (Å²) in [5.41, 5.74) is 1.87. The number of carbonyl (C=O) groups is 1. The number of hydrogen-bond donors (Lipinski definition) is 0. The largest absolute Gasteiger partial charge is 0.294 e. The van der Waals surface area contributed by atoms with E-state index < -0.39 is 0 Å². The minimum absolute atomic E-state index is 0.0369. The zero-order chi connectivity index (χ0) is 10.4. The van der Waals surface area contributed by atoms with Gasteiger partial charge in [0.1, 0.15) is 0 Å². The summed E-state index contributed by atoms with van der Waals surface area (Å²) in [5.74, 6) is 0.183. The standard InChI is InChI=1S/C12H18O/c1-6-11(8-7-9(2)3)12(13)10(4)5/h6-8,10H,1H2,2-5H3/b11-8+. The molecule has 1 heteroatoms. The van der Waals surface area contributed by atoms with E-state index in [1.165, 1.54) is 5.57 Å². The minimum atomic E-state index is 0.0369. The molecule has 0 bridgehead atoms. The van der Waals surface area contributed by atoms with Crippen molar-refractivity contribution >= 4 is 5.78 Å². The fourth-order valence-electron chi connectivity index (χ4n) is 0.841. The Morgan fingerprint density at radius 2 is 1.77 bits per heavy atom. The third-order valence-electron chi connectivity index (χ3n) is 1.63. The first-order valence-electron chi connectivity index (χ1n) is 4.51. The lowest BCUT2D eigenvalue weighted by molar-refractivity contribution is -0.117. The molecule has 0 unspecified atom stereocenters.